The van der Waals surface area contributed by atoms with Crippen molar-refractivity contribution in [3.05, 3.63) is 89.3 Å². The summed E-state index contributed by atoms with van der Waals surface area (Å²) in [6.07, 6.45) is 1.34. The summed E-state index contributed by atoms with van der Waals surface area (Å²) in [6, 6.07) is 15.6. The number of nitrogens with one attached hydrogen (secondary N) is 4. The van der Waals surface area contributed by atoms with E-state index in [1.165, 1.54) is 32.9 Å². The molecule has 274 valence electrons. The number of fused-ring (bicyclic) bond motifs is 1. The molecule has 2 aromatic heterocycles. The third-order valence-corrected chi connectivity index (χ3v) is 9.07. The molecule has 0 aliphatic carbocycles. The number of urea groups is 1. The van der Waals surface area contributed by atoms with Gasteiger partial charge in [-0.05, 0) is 76.5 Å². The Kier molecular flexibility index (Phi) is 10.7. The van der Waals surface area contributed by atoms with Gasteiger partial charge in [-0.15, -0.1) is 5.10 Å². The highest BCUT2D eigenvalue weighted by atomic mass is 35.5. The molecular weight excluding hydrogens is 708 g/mol. The summed E-state index contributed by atoms with van der Waals surface area (Å²) >= 11 is 6.29. The average Bonchev–Trinajstić information content (AvgIpc) is 3.82. The molecule has 3 aromatic carbocycles. The number of aliphatic hydroxyl groups is 1. The number of aromatic nitrogens is 5. The Balaban J connectivity index is 1.25. The monoisotopic (exact) mass is 742 g/mol. The summed E-state index contributed by atoms with van der Waals surface area (Å²) in [5.74, 6) is -3.53. The molecule has 1 fully saturated rings. The number of carboxylic acids is 1. The summed E-state index contributed by atoms with van der Waals surface area (Å²) in [5, 5.41) is 39.3. The molecule has 2 atom stereocenters. The lowest BCUT2D eigenvalue weighted by Crippen LogP contribution is -2.60. The second-order valence-corrected chi connectivity index (χ2v) is 13.1. The molecule has 0 spiro atoms. The maximum absolute atomic E-state index is 14.1. The van der Waals surface area contributed by atoms with Gasteiger partial charge in [0.2, 0.25) is 5.91 Å². The van der Waals surface area contributed by atoms with E-state index in [1.807, 2.05) is 13.8 Å². The van der Waals surface area contributed by atoms with Crippen molar-refractivity contribution in [3.63, 3.8) is 0 Å². The van der Waals surface area contributed by atoms with Gasteiger partial charge in [0.25, 0.3) is 0 Å². The first kappa shape index (κ1) is 36.5. The average molecular weight is 743 g/mol. The number of amides is 5. The lowest BCUT2D eigenvalue weighted by molar-refractivity contribution is -0.149. The number of aromatic amines is 1. The second-order valence-electron chi connectivity index (χ2n) is 12.7. The van der Waals surface area contributed by atoms with Gasteiger partial charge in [-0.1, -0.05) is 37.6 Å². The fourth-order valence-corrected chi connectivity index (χ4v) is 6.12. The van der Waals surface area contributed by atoms with Crippen molar-refractivity contribution in [3.8, 4) is 5.69 Å². The molecule has 1 aliphatic rings. The van der Waals surface area contributed by atoms with Gasteiger partial charge in [0.1, 0.15) is 18.1 Å². The van der Waals surface area contributed by atoms with Gasteiger partial charge in [-0.3, -0.25) is 14.4 Å². The van der Waals surface area contributed by atoms with E-state index in [0.717, 1.165) is 0 Å². The Bertz CT molecular complexity index is 2170. The summed E-state index contributed by atoms with van der Waals surface area (Å²) in [4.78, 5) is 71.0. The maximum Gasteiger partial charge on any atom is 0.352 e. The molecule has 18 heteroatoms. The lowest BCUT2D eigenvalue weighted by Gasteiger charge is -2.38. The fraction of sp³-hybridized carbons (Fsp3) is 0.257. The van der Waals surface area contributed by atoms with Crippen LogP contribution < -0.4 is 20.9 Å². The lowest BCUT2D eigenvalue weighted by atomic mass is 10.0. The molecule has 0 unspecified atom stereocenters. The molecule has 0 radical (unpaired) electrons. The highest BCUT2D eigenvalue weighted by Gasteiger charge is 2.40. The van der Waals surface area contributed by atoms with Crippen LogP contribution in [0.5, 0.6) is 0 Å². The zero-order chi connectivity index (χ0) is 37.8. The first-order chi connectivity index (χ1) is 25.4. The van der Waals surface area contributed by atoms with Crippen molar-refractivity contribution >= 4 is 69.3 Å². The quantitative estimate of drug-likeness (QED) is 0.102. The van der Waals surface area contributed by atoms with E-state index >= 15 is 0 Å². The maximum atomic E-state index is 14.1. The first-order valence-electron chi connectivity index (χ1n) is 16.5. The molecular formula is C35H35ClN10O7. The second kappa shape index (κ2) is 15.5. The van der Waals surface area contributed by atoms with Crippen LogP contribution in [0.25, 0.3) is 16.6 Å². The van der Waals surface area contributed by atoms with Crippen molar-refractivity contribution < 1.29 is 34.2 Å². The summed E-state index contributed by atoms with van der Waals surface area (Å²) < 4.78 is 1.34. The van der Waals surface area contributed by atoms with Crippen LogP contribution in [0.1, 0.15) is 29.9 Å². The van der Waals surface area contributed by atoms with E-state index < -0.39 is 41.8 Å². The van der Waals surface area contributed by atoms with Crippen LogP contribution in [-0.4, -0.2) is 102 Å². The van der Waals surface area contributed by atoms with Crippen LogP contribution in [-0.2, 0) is 20.8 Å². The SMILES string of the molecule is CC(C)[C@@H](CO)NC(=O)Nc1ccc(C[C@@H](C(=O)Nc2ccc3[nH]c(C(=O)O)cc3c2)N2CCN(c3cc(Cl)ccc3-n3cnnn3)C(=O)C2=O)cc1. The summed E-state index contributed by atoms with van der Waals surface area (Å²) in [7, 11) is 0. The van der Waals surface area contributed by atoms with Crippen molar-refractivity contribution in [2.75, 3.05) is 35.2 Å². The van der Waals surface area contributed by atoms with Crippen LogP contribution in [0.2, 0.25) is 5.02 Å². The van der Waals surface area contributed by atoms with Gasteiger partial charge in [-0.25, -0.2) is 9.59 Å². The number of benzene rings is 3. The number of aliphatic hydroxyl groups excluding tert-OH is 1. The highest BCUT2D eigenvalue weighted by molar-refractivity contribution is 6.41. The number of carboxylic acid groups (broad SMARTS) is 1. The molecule has 5 aromatic rings. The zero-order valence-corrected chi connectivity index (χ0v) is 29.2. The van der Waals surface area contributed by atoms with Crippen molar-refractivity contribution in [1.29, 1.82) is 0 Å². The van der Waals surface area contributed by atoms with E-state index in [2.05, 4.69) is 36.5 Å². The fourth-order valence-electron chi connectivity index (χ4n) is 5.96. The Morgan fingerprint density at radius 3 is 2.36 bits per heavy atom. The minimum absolute atomic E-state index is 0.000131. The Morgan fingerprint density at radius 2 is 1.68 bits per heavy atom. The number of aromatic carboxylic acids is 1. The number of rotatable bonds is 12. The minimum atomic E-state index is -1.16. The van der Waals surface area contributed by atoms with Gasteiger partial charge in [0.05, 0.1) is 24.0 Å². The summed E-state index contributed by atoms with van der Waals surface area (Å²) in [5.41, 5.74) is 2.66. The van der Waals surface area contributed by atoms with E-state index in [9.17, 15) is 34.2 Å². The molecule has 17 nitrogen and oxygen atoms in total. The summed E-state index contributed by atoms with van der Waals surface area (Å²) in [6.45, 7) is 3.52. The van der Waals surface area contributed by atoms with Gasteiger partial charge in [0.15, 0.2) is 0 Å². The number of hydrogen-bond acceptors (Lipinski definition) is 9. The number of H-pyrrole nitrogens is 1. The van der Waals surface area contributed by atoms with E-state index in [-0.39, 0.29) is 37.7 Å². The molecule has 3 heterocycles. The van der Waals surface area contributed by atoms with Crippen LogP contribution in [0.15, 0.2) is 73.1 Å². The van der Waals surface area contributed by atoms with Crippen molar-refractivity contribution in [1.82, 2.24) is 35.4 Å². The van der Waals surface area contributed by atoms with Crippen LogP contribution >= 0.6 is 11.6 Å². The van der Waals surface area contributed by atoms with Gasteiger partial charge in [-0.2, -0.15) is 4.68 Å². The Morgan fingerprint density at radius 1 is 0.925 bits per heavy atom. The Hall–Kier alpha value is -6.33. The van der Waals surface area contributed by atoms with Gasteiger partial charge in [0, 0.05) is 46.8 Å². The third kappa shape index (κ3) is 8.10. The number of carbonyl (C=O) groups is 5. The number of nitrogens with zero attached hydrogens (tertiary/aromatic N) is 6. The van der Waals surface area contributed by atoms with Crippen LogP contribution in [0.3, 0.4) is 0 Å². The number of carbonyl (C=O) groups excluding carboxylic acids is 4. The normalized spacial score (nSPS) is 14.4. The molecule has 1 aliphatic heterocycles. The topological polar surface area (TPSA) is 228 Å². The minimum Gasteiger partial charge on any atom is -0.477 e. The molecule has 0 bridgehead atoms. The number of piperazine rings is 1. The van der Waals surface area contributed by atoms with Gasteiger partial charge >= 0.3 is 23.8 Å². The van der Waals surface area contributed by atoms with Crippen molar-refractivity contribution in [2.45, 2.75) is 32.4 Å². The van der Waals surface area contributed by atoms with E-state index in [4.69, 9.17) is 11.6 Å². The molecule has 6 rings (SSSR count). The number of anilines is 3. The third-order valence-electron chi connectivity index (χ3n) is 8.83. The van der Waals surface area contributed by atoms with Crippen molar-refractivity contribution in [2.24, 2.45) is 5.92 Å². The standard InChI is InChI=1S/C35H35ClN10O7/c1-19(2)27(17-47)41-35(53)39-23-6-3-20(4-7-23)13-30(31(48)38-24-8-9-25-21(14-24)15-26(40-25)34(51)52)45-12-11-44(32(49)33(45)50)29-16-22(36)5-10-28(29)46-18-37-42-43-46/h3-10,14-16,18-19,27,30,40,47H,11-13,17H2,1-2H3,(H,38,48)(H,51,52)(H2,39,41,53)/t27-,30+/m1/s1. The molecule has 1 saturated heterocycles. The smallest absolute Gasteiger partial charge is 0.352 e. The number of tetrazole rings is 1. The number of hydrogen-bond donors (Lipinski definition) is 6. The van der Waals surface area contributed by atoms with E-state index in [1.54, 1.807) is 54.6 Å². The molecule has 0 saturated carbocycles. The first-order valence-corrected chi connectivity index (χ1v) is 16.9. The molecule has 5 amide bonds. The predicted octanol–water partition coefficient (Wildman–Crippen LogP) is 3.06. The highest BCUT2D eigenvalue weighted by Crippen LogP contribution is 2.30. The van der Waals surface area contributed by atoms with Crippen LogP contribution in [0.4, 0.5) is 21.9 Å². The predicted molar refractivity (Wildman–Crippen MR) is 194 cm³/mol. The molecule has 53 heavy (non-hydrogen) atoms. The molecule has 6 N–H and O–H groups in total. The Labute approximate surface area is 306 Å². The largest absolute Gasteiger partial charge is 0.477 e. The zero-order valence-electron chi connectivity index (χ0n) is 28.5. The van der Waals surface area contributed by atoms with Crippen LogP contribution in [0, 0.1) is 5.92 Å². The van der Waals surface area contributed by atoms with E-state index in [0.29, 0.717) is 44.2 Å². The number of halogens is 1. The van der Waals surface area contributed by atoms with Gasteiger partial charge < -0.3 is 40.9 Å².